The Hall–Kier alpha value is -5.72. The van der Waals surface area contributed by atoms with Gasteiger partial charge in [-0.25, -0.2) is 29.5 Å². The summed E-state index contributed by atoms with van der Waals surface area (Å²) in [4.78, 5) is 64.9. The summed E-state index contributed by atoms with van der Waals surface area (Å²) in [5, 5.41) is 25.3. The van der Waals surface area contributed by atoms with Crippen molar-refractivity contribution in [1.82, 2.24) is 20.6 Å². The molecule has 0 bridgehead atoms. The van der Waals surface area contributed by atoms with E-state index in [0.29, 0.717) is 11.0 Å². The number of ether oxygens (including phenoxy) is 1. The number of carboxylic acid groups (broad SMARTS) is 2. The van der Waals surface area contributed by atoms with Gasteiger partial charge >= 0.3 is 12.1 Å². The van der Waals surface area contributed by atoms with Crippen molar-refractivity contribution in [2.45, 2.75) is 52.6 Å². The van der Waals surface area contributed by atoms with Crippen LogP contribution < -0.4 is 15.4 Å². The predicted molar refractivity (Wildman–Crippen MR) is 175 cm³/mol. The summed E-state index contributed by atoms with van der Waals surface area (Å²) in [5.41, 5.74) is -0.122. The SMILES string of the molecule is CC(C)C1(C)N=C(c2nc3ccccc3cc2C(=O)O)NC1=O.CC(C)C1(C)N=C(c2nc3ccccc3cc2OC(=O)O)NC1=O. The molecule has 0 saturated carbocycles. The third kappa shape index (κ3) is 6.11. The van der Waals surface area contributed by atoms with Crippen LogP contribution >= 0.6 is 0 Å². The van der Waals surface area contributed by atoms with E-state index < -0.39 is 23.2 Å². The molecule has 0 spiro atoms. The number of rotatable bonds is 6. The second-order valence-corrected chi connectivity index (χ2v) is 12.2. The number of carbonyl (C=O) groups is 4. The highest BCUT2D eigenvalue weighted by Gasteiger charge is 2.44. The number of aliphatic imine (C=N–C) groups is 2. The Morgan fingerprint density at radius 2 is 1.17 bits per heavy atom. The van der Waals surface area contributed by atoms with Gasteiger partial charge in [-0.2, -0.15) is 0 Å². The molecule has 0 saturated heterocycles. The second kappa shape index (κ2) is 12.2. The number of aromatic carboxylic acids is 1. The molecule has 4 aromatic rings. The van der Waals surface area contributed by atoms with Gasteiger partial charge in [-0.15, -0.1) is 0 Å². The fourth-order valence-corrected chi connectivity index (χ4v) is 4.99. The lowest BCUT2D eigenvalue weighted by atomic mass is 9.89. The number of aromatic nitrogens is 2. The zero-order valence-electron chi connectivity index (χ0n) is 26.7. The van der Waals surface area contributed by atoms with Crippen LogP contribution in [0.3, 0.4) is 0 Å². The number of pyridine rings is 2. The van der Waals surface area contributed by atoms with Gasteiger partial charge in [0.05, 0.1) is 16.6 Å². The van der Waals surface area contributed by atoms with Crippen molar-refractivity contribution in [1.29, 1.82) is 0 Å². The van der Waals surface area contributed by atoms with Crippen molar-refractivity contribution < 1.29 is 34.1 Å². The van der Waals surface area contributed by atoms with Crippen molar-refractivity contribution in [3.8, 4) is 5.75 Å². The molecule has 6 rings (SSSR count). The summed E-state index contributed by atoms with van der Waals surface area (Å²) in [6.45, 7) is 11.1. The summed E-state index contributed by atoms with van der Waals surface area (Å²) < 4.78 is 4.85. The molecule has 4 heterocycles. The van der Waals surface area contributed by atoms with Crippen LogP contribution in [0.25, 0.3) is 21.8 Å². The lowest BCUT2D eigenvalue weighted by Gasteiger charge is -2.21. The topological polar surface area (TPSA) is 193 Å². The number of hydrogen-bond donors (Lipinski definition) is 4. The molecule has 2 aliphatic rings. The van der Waals surface area contributed by atoms with Crippen molar-refractivity contribution in [3.05, 3.63) is 77.6 Å². The molecule has 0 radical (unpaired) electrons. The maximum Gasteiger partial charge on any atom is 0.511 e. The monoisotopic (exact) mass is 638 g/mol. The third-order valence-corrected chi connectivity index (χ3v) is 8.61. The summed E-state index contributed by atoms with van der Waals surface area (Å²) in [7, 11) is 0. The molecule has 4 N–H and O–H groups in total. The van der Waals surface area contributed by atoms with E-state index in [9.17, 15) is 24.3 Å². The van der Waals surface area contributed by atoms with Crippen LogP contribution in [-0.2, 0) is 9.59 Å². The highest BCUT2D eigenvalue weighted by Crippen LogP contribution is 2.31. The molecule has 0 aliphatic carbocycles. The Morgan fingerprint density at radius 1 is 0.723 bits per heavy atom. The highest BCUT2D eigenvalue weighted by molar-refractivity contribution is 6.18. The van der Waals surface area contributed by atoms with Gasteiger partial charge in [0.25, 0.3) is 11.8 Å². The number of carbonyl (C=O) groups excluding carboxylic acids is 2. The van der Waals surface area contributed by atoms with E-state index in [-0.39, 0.29) is 58.0 Å². The van der Waals surface area contributed by atoms with Crippen LogP contribution in [0.1, 0.15) is 63.3 Å². The third-order valence-electron chi connectivity index (χ3n) is 8.61. The van der Waals surface area contributed by atoms with E-state index in [1.807, 2.05) is 52.0 Å². The number of nitrogens with one attached hydrogen (secondary N) is 2. The van der Waals surface area contributed by atoms with E-state index in [0.717, 1.165) is 10.8 Å². The minimum absolute atomic E-state index is 0.0197. The minimum Gasteiger partial charge on any atom is -0.478 e. The first-order valence-electron chi connectivity index (χ1n) is 14.9. The van der Waals surface area contributed by atoms with Gasteiger partial charge in [0.1, 0.15) is 22.5 Å². The van der Waals surface area contributed by atoms with Crippen molar-refractivity contribution in [2.24, 2.45) is 21.8 Å². The number of fused-ring (bicyclic) bond motifs is 2. The molecule has 47 heavy (non-hydrogen) atoms. The summed E-state index contributed by atoms with van der Waals surface area (Å²) in [6.07, 6.45) is -1.45. The van der Waals surface area contributed by atoms with Gasteiger partial charge in [0.2, 0.25) is 0 Å². The number of nitrogens with zero attached hydrogens (tertiary/aromatic N) is 4. The fraction of sp³-hybridized carbons (Fsp3) is 0.294. The molecule has 2 aliphatic heterocycles. The lowest BCUT2D eigenvalue weighted by molar-refractivity contribution is -0.125. The summed E-state index contributed by atoms with van der Waals surface area (Å²) >= 11 is 0. The number of amides is 2. The Morgan fingerprint density at radius 3 is 1.62 bits per heavy atom. The Balaban J connectivity index is 0.000000185. The molecule has 2 amide bonds. The van der Waals surface area contributed by atoms with Crippen molar-refractivity contribution in [2.75, 3.05) is 0 Å². The zero-order valence-corrected chi connectivity index (χ0v) is 26.7. The molecule has 2 unspecified atom stereocenters. The number of benzene rings is 2. The van der Waals surface area contributed by atoms with E-state index in [1.165, 1.54) is 0 Å². The molecule has 2 aromatic carbocycles. The van der Waals surface area contributed by atoms with Crippen LogP contribution in [-0.4, -0.2) is 66.9 Å². The van der Waals surface area contributed by atoms with Crippen molar-refractivity contribution >= 4 is 57.4 Å². The second-order valence-electron chi connectivity index (χ2n) is 12.2. The van der Waals surface area contributed by atoms with E-state index in [2.05, 4.69) is 30.6 Å². The molecule has 13 heteroatoms. The molecular formula is C34H34N6O7. The molecule has 2 aromatic heterocycles. The van der Waals surface area contributed by atoms with Crippen LogP contribution in [0.2, 0.25) is 0 Å². The zero-order chi connectivity index (χ0) is 34.3. The number of amidine groups is 2. The average molecular weight is 639 g/mol. The first-order chi connectivity index (χ1) is 22.1. The molecule has 2 atom stereocenters. The number of para-hydroxylation sites is 2. The largest absolute Gasteiger partial charge is 0.511 e. The van der Waals surface area contributed by atoms with Gasteiger partial charge in [-0.1, -0.05) is 64.1 Å². The summed E-state index contributed by atoms with van der Waals surface area (Å²) in [6, 6.07) is 17.6. The molecule has 0 fully saturated rings. The normalized spacial score (nSPS) is 20.4. The smallest absolute Gasteiger partial charge is 0.478 e. The van der Waals surface area contributed by atoms with Gasteiger partial charge in [-0.05, 0) is 49.9 Å². The minimum atomic E-state index is -1.45. The predicted octanol–water partition coefficient (Wildman–Crippen LogP) is 4.81. The van der Waals surface area contributed by atoms with Crippen molar-refractivity contribution in [3.63, 3.8) is 0 Å². The molecule has 242 valence electrons. The maximum absolute atomic E-state index is 12.3. The van der Waals surface area contributed by atoms with Gasteiger partial charge in [0.15, 0.2) is 17.4 Å². The maximum atomic E-state index is 12.3. The Labute approximate surface area is 269 Å². The van der Waals surface area contributed by atoms with Crippen LogP contribution in [0.5, 0.6) is 5.75 Å². The van der Waals surface area contributed by atoms with Gasteiger partial charge in [-0.3, -0.25) is 9.59 Å². The van der Waals surface area contributed by atoms with E-state index in [4.69, 9.17) is 9.84 Å². The number of carboxylic acids is 1. The standard InChI is InChI=1S/C17H17N3O4.C17H17N3O3/c1-9(2)17(3)15(21)19-14(20-17)13-12(24-16(22)23)8-10-6-4-5-7-11(10)18-13;1-9(2)17(3)16(23)19-14(20-17)13-11(15(21)22)8-10-6-4-5-7-12(10)18-13/h4-9H,1-3H3,(H,22,23)(H,19,20,21);4-9H,1-3H3,(H,21,22)(H,19,20,23). The fourth-order valence-electron chi connectivity index (χ4n) is 4.99. The molecule has 13 nitrogen and oxygen atoms in total. The Kier molecular flexibility index (Phi) is 8.50. The first kappa shape index (κ1) is 32.7. The average Bonchev–Trinajstić information content (AvgIpc) is 3.51. The van der Waals surface area contributed by atoms with Gasteiger partial charge in [0, 0.05) is 10.8 Å². The van der Waals surface area contributed by atoms with Crippen LogP contribution in [0.4, 0.5) is 4.79 Å². The number of hydrogen-bond acceptors (Lipinski definition) is 9. The van der Waals surface area contributed by atoms with E-state index in [1.54, 1.807) is 50.2 Å². The first-order valence-corrected chi connectivity index (χ1v) is 14.9. The van der Waals surface area contributed by atoms with Crippen LogP contribution in [0, 0.1) is 11.8 Å². The lowest BCUT2D eigenvalue weighted by Crippen LogP contribution is -2.41. The highest BCUT2D eigenvalue weighted by atomic mass is 16.7. The van der Waals surface area contributed by atoms with Gasteiger partial charge < -0.3 is 25.6 Å². The van der Waals surface area contributed by atoms with Crippen LogP contribution in [0.15, 0.2) is 70.6 Å². The summed E-state index contributed by atoms with van der Waals surface area (Å²) in [5.74, 6) is -1.17. The molecular weight excluding hydrogens is 604 g/mol. The quantitative estimate of drug-likeness (QED) is 0.215. The Bertz CT molecular complexity index is 2020. The van der Waals surface area contributed by atoms with E-state index >= 15 is 0 Å².